The van der Waals surface area contributed by atoms with Gasteiger partial charge in [-0.3, -0.25) is 0 Å². The van der Waals surface area contributed by atoms with Gasteiger partial charge in [0.25, 0.3) is 0 Å². The maximum atomic E-state index is 2.44. The fourth-order valence-electron chi connectivity index (χ4n) is 9.99. The van der Waals surface area contributed by atoms with E-state index in [1.807, 2.05) is 0 Å². The second-order valence-corrected chi connectivity index (χ2v) is 16.4. The number of rotatable bonds is 8. The minimum absolute atomic E-state index is 1.08. The quantitative estimate of drug-likeness (QED) is 0.139. The molecule has 1 heterocycles. The van der Waals surface area contributed by atoms with E-state index >= 15 is 0 Å². The van der Waals surface area contributed by atoms with Crippen LogP contribution in [0.4, 0.5) is 17.1 Å². The van der Waals surface area contributed by atoms with Gasteiger partial charge in [0.2, 0.25) is 0 Å². The van der Waals surface area contributed by atoms with Crippen molar-refractivity contribution in [2.45, 2.75) is 0 Å². The van der Waals surface area contributed by atoms with Gasteiger partial charge < -0.3 is 9.47 Å². The molecule has 1 aromatic heterocycles. The highest BCUT2D eigenvalue weighted by atomic mass is 15.1. The maximum absolute atomic E-state index is 2.44. The molecule has 0 N–H and O–H groups in total. The van der Waals surface area contributed by atoms with Crippen LogP contribution in [-0.2, 0) is 0 Å². The molecule has 0 spiro atoms. The highest BCUT2D eigenvalue weighted by Crippen LogP contribution is 2.48. The first-order valence-electron chi connectivity index (χ1n) is 22.0. The monoisotopic (exact) mass is 814 g/mol. The van der Waals surface area contributed by atoms with Crippen LogP contribution in [0.15, 0.2) is 255 Å². The van der Waals surface area contributed by atoms with Crippen molar-refractivity contribution in [1.29, 1.82) is 0 Å². The van der Waals surface area contributed by atoms with Crippen LogP contribution in [-0.4, -0.2) is 4.57 Å². The van der Waals surface area contributed by atoms with Crippen molar-refractivity contribution in [2.24, 2.45) is 0 Å². The number of fused-ring (bicyclic) bond motifs is 6. The van der Waals surface area contributed by atoms with E-state index in [0.29, 0.717) is 0 Å². The summed E-state index contributed by atoms with van der Waals surface area (Å²) in [6.07, 6.45) is 0. The van der Waals surface area contributed by atoms with Crippen molar-refractivity contribution in [3.8, 4) is 50.2 Å². The molecule has 300 valence electrons. The van der Waals surface area contributed by atoms with Crippen LogP contribution in [0.3, 0.4) is 0 Å². The van der Waals surface area contributed by atoms with E-state index in [1.54, 1.807) is 0 Å². The lowest BCUT2D eigenvalue weighted by atomic mass is 9.85. The van der Waals surface area contributed by atoms with E-state index in [2.05, 4.69) is 264 Å². The molecule has 0 aliphatic rings. The minimum Gasteiger partial charge on any atom is -0.310 e. The van der Waals surface area contributed by atoms with Gasteiger partial charge in [-0.1, -0.05) is 200 Å². The van der Waals surface area contributed by atoms with Gasteiger partial charge in [-0.05, 0) is 115 Å². The highest BCUT2D eigenvalue weighted by Gasteiger charge is 2.23. The molecule has 2 heteroatoms. The average molecular weight is 815 g/mol. The standard InChI is InChI=1S/C62H42N2/c1-5-20-43(21-6-1)50-28-15-17-33-57(50)63(48-38-36-44(37-39-48)51-32-19-35-59-62(51)55-31-16-18-34-58(55)64(59)47-26-11-4-12-27-47)49-40-41-53-52-29-13-14-30-54(52)60(45-22-7-2-8-23-45)61(56(53)42-49)46-24-9-3-10-25-46/h1-42H. The normalized spacial score (nSPS) is 11.4. The van der Waals surface area contributed by atoms with Crippen LogP contribution < -0.4 is 4.90 Å². The Balaban J connectivity index is 1.09. The molecule has 2 nitrogen and oxygen atoms in total. The molecule has 0 aliphatic carbocycles. The number of hydrogen-bond donors (Lipinski definition) is 0. The molecule has 11 aromatic carbocycles. The SMILES string of the molecule is c1ccc(-c2ccccc2N(c2ccc(-c3cccc4c3c3ccccc3n4-c3ccccc3)cc2)c2ccc3c(c2)c(-c2ccccc2)c(-c2ccccc2)c2ccccc23)cc1. The molecule has 0 fully saturated rings. The fourth-order valence-corrected chi connectivity index (χ4v) is 9.99. The molecule has 0 saturated heterocycles. The summed E-state index contributed by atoms with van der Waals surface area (Å²) >= 11 is 0. The largest absolute Gasteiger partial charge is 0.310 e. The smallest absolute Gasteiger partial charge is 0.0547 e. The third kappa shape index (κ3) is 6.27. The molecular weight excluding hydrogens is 773 g/mol. The van der Waals surface area contributed by atoms with Gasteiger partial charge in [-0.15, -0.1) is 0 Å². The number of aromatic nitrogens is 1. The second-order valence-electron chi connectivity index (χ2n) is 16.4. The van der Waals surface area contributed by atoms with Gasteiger partial charge in [-0.2, -0.15) is 0 Å². The Morgan fingerprint density at radius 2 is 0.766 bits per heavy atom. The zero-order chi connectivity index (χ0) is 42.4. The van der Waals surface area contributed by atoms with Crippen molar-refractivity contribution in [2.75, 3.05) is 4.90 Å². The van der Waals surface area contributed by atoms with Crippen LogP contribution in [0.2, 0.25) is 0 Å². The molecule has 0 amide bonds. The third-order valence-corrected chi connectivity index (χ3v) is 12.8. The van der Waals surface area contributed by atoms with E-state index < -0.39 is 0 Å². The summed E-state index contributed by atoms with van der Waals surface area (Å²) in [6.45, 7) is 0. The summed E-state index contributed by atoms with van der Waals surface area (Å²) in [5.41, 5.74) is 16.4. The zero-order valence-electron chi connectivity index (χ0n) is 35.1. The predicted molar refractivity (Wildman–Crippen MR) is 272 cm³/mol. The lowest BCUT2D eigenvalue weighted by Crippen LogP contribution is -2.11. The Morgan fingerprint density at radius 1 is 0.281 bits per heavy atom. The first kappa shape index (κ1) is 37.3. The number of para-hydroxylation sites is 3. The van der Waals surface area contributed by atoms with E-state index in [0.717, 1.165) is 28.3 Å². The first-order valence-corrected chi connectivity index (χ1v) is 22.0. The van der Waals surface area contributed by atoms with Gasteiger partial charge >= 0.3 is 0 Å². The molecular formula is C62H42N2. The zero-order valence-corrected chi connectivity index (χ0v) is 35.1. The summed E-state index contributed by atoms with van der Waals surface area (Å²) < 4.78 is 2.39. The van der Waals surface area contributed by atoms with Crippen LogP contribution in [0.1, 0.15) is 0 Å². The summed E-state index contributed by atoms with van der Waals surface area (Å²) in [6, 6.07) is 92.7. The molecule has 0 aliphatic heterocycles. The maximum Gasteiger partial charge on any atom is 0.0547 e. The Kier molecular flexibility index (Phi) is 9.20. The predicted octanol–water partition coefficient (Wildman–Crippen LogP) is 17.2. The Morgan fingerprint density at radius 3 is 1.47 bits per heavy atom. The number of hydrogen-bond acceptors (Lipinski definition) is 1. The van der Waals surface area contributed by atoms with Crippen molar-refractivity contribution < 1.29 is 0 Å². The molecule has 12 aromatic rings. The van der Waals surface area contributed by atoms with E-state index in [9.17, 15) is 0 Å². The van der Waals surface area contributed by atoms with Crippen LogP contribution >= 0.6 is 0 Å². The Bertz CT molecular complexity index is 3630. The minimum atomic E-state index is 1.08. The van der Waals surface area contributed by atoms with Gasteiger partial charge in [0.15, 0.2) is 0 Å². The van der Waals surface area contributed by atoms with Gasteiger partial charge in [-0.25, -0.2) is 0 Å². The van der Waals surface area contributed by atoms with Crippen molar-refractivity contribution in [1.82, 2.24) is 4.57 Å². The van der Waals surface area contributed by atoms with Gasteiger partial charge in [0.1, 0.15) is 0 Å². The molecule has 0 saturated carbocycles. The fraction of sp³-hybridized carbons (Fsp3) is 0. The molecule has 12 rings (SSSR count). The number of nitrogens with zero attached hydrogens (tertiary/aromatic N) is 2. The summed E-state index contributed by atoms with van der Waals surface area (Å²) in [5.74, 6) is 0. The third-order valence-electron chi connectivity index (χ3n) is 12.8. The van der Waals surface area contributed by atoms with Crippen molar-refractivity contribution >= 4 is 60.4 Å². The van der Waals surface area contributed by atoms with Gasteiger partial charge in [0.05, 0.1) is 16.7 Å². The molecule has 0 radical (unpaired) electrons. The van der Waals surface area contributed by atoms with E-state index in [-0.39, 0.29) is 0 Å². The van der Waals surface area contributed by atoms with Crippen LogP contribution in [0.5, 0.6) is 0 Å². The van der Waals surface area contributed by atoms with Crippen LogP contribution in [0.25, 0.3) is 93.5 Å². The van der Waals surface area contributed by atoms with Crippen molar-refractivity contribution in [3.63, 3.8) is 0 Å². The number of benzene rings is 11. The van der Waals surface area contributed by atoms with Gasteiger partial charge in [0, 0.05) is 33.4 Å². The summed E-state index contributed by atoms with van der Waals surface area (Å²) in [5, 5.41) is 7.43. The molecule has 64 heavy (non-hydrogen) atoms. The topological polar surface area (TPSA) is 8.17 Å². The first-order chi connectivity index (χ1) is 31.8. The highest BCUT2D eigenvalue weighted by molar-refractivity contribution is 6.22. The second kappa shape index (κ2) is 15.8. The average Bonchev–Trinajstić information content (AvgIpc) is 3.72. The van der Waals surface area contributed by atoms with E-state index in [1.165, 1.54) is 82.3 Å². The summed E-state index contributed by atoms with van der Waals surface area (Å²) in [4.78, 5) is 2.44. The lowest BCUT2D eigenvalue weighted by Gasteiger charge is -2.29. The number of anilines is 3. The molecule has 0 bridgehead atoms. The Labute approximate surface area is 373 Å². The Hall–Kier alpha value is -8.46. The van der Waals surface area contributed by atoms with E-state index in [4.69, 9.17) is 0 Å². The summed E-state index contributed by atoms with van der Waals surface area (Å²) in [7, 11) is 0. The molecule has 0 unspecified atom stereocenters. The van der Waals surface area contributed by atoms with Crippen LogP contribution in [0, 0.1) is 0 Å². The molecule has 0 atom stereocenters. The lowest BCUT2D eigenvalue weighted by molar-refractivity contribution is 1.18. The van der Waals surface area contributed by atoms with Crippen molar-refractivity contribution in [3.05, 3.63) is 255 Å².